The molecule has 19 heavy (non-hydrogen) atoms. The van der Waals surface area contributed by atoms with E-state index in [2.05, 4.69) is 24.1 Å². The summed E-state index contributed by atoms with van der Waals surface area (Å²) in [7, 11) is 0. The first-order chi connectivity index (χ1) is 9.18. The van der Waals surface area contributed by atoms with Crippen LogP contribution in [0.5, 0.6) is 0 Å². The second-order valence-electron chi connectivity index (χ2n) is 6.03. The van der Waals surface area contributed by atoms with Gasteiger partial charge in [0, 0.05) is 6.04 Å². The van der Waals surface area contributed by atoms with Gasteiger partial charge in [-0.25, -0.2) is 0 Å². The fourth-order valence-corrected chi connectivity index (χ4v) is 3.08. The lowest BCUT2D eigenvalue weighted by Crippen LogP contribution is -2.49. The first kappa shape index (κ1) is 12.7. The second kappa shape index (κ2) is 4.97. The molecule has 0 spiro atoms. The Balaban J connectivity index is 1.86. The van der Waals surface area contributed by atoms with E-state index in [1.54, 1.807) is 0 Å². The predicted octanol–water partition coefficient (Wildman–Crippen LogP) is 2.69. The monoisotopic (exact) mass is 258 g/mol. The number of nitrogens with one attached hydrogen (secondary N) is 1. The van der Waals surface area contributed by atoms with E-state index in [1.807, 2.05) is 30.3 Å². The Labute approximate surface area is 115 Å². The Morgan fingerprint density at radius 1 is 1.21 bits per heavy atom. The highest BCUT2D eigenvalue weighted by molar-refractivity contribution is 5.86. The van der Waals surface area contributed by atoms with E-state index in [0.717, 1.165) is 18.4 Å². The number of rotatable bonds is 3. The first-order valence-corrected chi connectivity index (χ1v) is 7.31. The van der Waals surface area contributed by atoms with Gasteiger partial charge >= 0.3 is 0 Å². The van der Waals surface area contributed by atoms with Gasteiger partial charge in [-0.05, 0) is 30.7 Å². The van der Waals surface area contributed by atoms with Gasteiger partial charge in [0.2, 0.25) is 5.91 Å². The number of hydrogen-bond donors (Lipinski definition) is 1. The molecular formula is C16H22N2O. The average molecular weight is 258 g/mol. The molecule has 1 amide bonds. The lowest BCUT2D eigenvalue weighted by Gasteiger charge is -2.39. The molecule has 0 radical (unpaired) electrons. The lowest BCUT2D eigenvalue weighted by molar-refractivity contribution is -0.134. The summed E-state index contributed by atoms with van der Waals surface area (Å²) in [5.74, 6) is 0.702. The van der Waals surface area contributed by atoms with Gasteiger partial charge < -0.3 is 4.90 Å². The molecule has 3 nitrogen and oxygen atoms in total. The maximum absolute atomic E-state index is 12.7. The standard InChI is InChI=1S/C16H22N2O/c1-11(2)15-17-14(12-7-4-3-5-8-12)16(19)18(15)13-9-6-10-13/h3-5,7-8,11,13-15,17H,6,9-10H2,1-2H3. The fourth-order valence-electron chi connectivity index (χ4n) is 3.08. The van der Waals surface area contributed by atoms with Crippen LogP contribution in [-0.4, -0.2) is 23.0 Å². The Bertz CT molecular complexity index is 453. The van der Waals surface area contributed by atoms with Gasteiger partial charge in [0.15, 0.2) is 0 Å². The van der Waals surface area contributed by atoms with Gasteiger partial charge in [0.05, 0.1) is 6.17 Å². The van der Waals surface area contributed by atoms with Gasteiger partial charge in [-0.15, -0.1) is 0 Å². The highest BCUT2D eigenvalue weighted by Gasteiger charge is 2.45. The summed E-state index contributed by atoms with van der Waals surface area (Å²) < 4.78 is 0. The van der Waals surface area contributed by atoms with Crippen LogP contribution in [0.2, 0.25) is 0 Å². The van der Waals surface area contributed by atoms with Crippen LogP contribution in [0.25, 0.3) is 0 Å². The van der Waals surface area contributed by atoms with Crippen LogP contribution >= 0.6 is 0 Å². The van der Waals surface area contributed by atoms with E-state index >= 15 is 0 Å². The minimum absolute atomic E-state index is 0.158. The van der Waals surface area contributed by atoms with Crippen LogP contribution in [-0.2, 0) is 4.79 Å². The quantitative estimate of drug-likeness (QED) is 0.904. The maximum atomic E-state index is 12.7. The number of carbonyl (C=O) groups is 1. The molecule has 1 saturated carbocycles. The molecule has 2 unspecified atom stereocenters. The van der Waals surface area contributed by atoms with Crippen molar-refractivity contribution in [3.8, 4) is 0 Å². The highest BCUT2D eigenvalue weighted by Crippen LogP contribution is 2.35. The number of nitrogens with zero attached hydrogens (tertiary/aromatic N) is 1. The highest BCUT2D eigenvalue weighted by atomic mass is 16.2. The van der Waals surface area contributed by atoms with Crippen molar-refractivity contribution in [2.75, 3.05) is 0 Å². The molecule has 1 heterocycles. The Morgan fingerprint density at radius 2 is 1.89 bits per heavy atom. The van der Waals surface area contributed by atoms with Gasteiger partial charge in [0.25, 0.3) is 0 Å². The first-order valence-electron chi connectivity index (χ1n) is 7.31. The maximum Gasteiger partial charge on any atom is 0.245 e. The summed E-state index contributed by atoms with van der Waals surface area (Å²) in [6.45, 7) is 4.37. The van der Waals surface area contributed by atoms with Crippen molar-refractivity contribution < 1.29 is 4.79 Å². The van der Waals surface area contributed by atoms with E-state index in [0.29, 0.717) is 12.0 Å². The van der Waals surface area contributed by atoms with Gasteiger partial charge in [-0.3, -0.25) is 10.1 Å². The summed E-state index contributed by atoms with van der Waals surface area (Å²) in [6.07, 6.45) is 3.77. The summed E-state index contributed by atoms with van der Waals surface area (Å²) >= 11 is 0. The van der Waals surface area contributed by atoms with E-state index in [9.17, 15) is 4.79 Å². The van der Waals surface area contributed by atoms with Crippen LogP contribution in [0.4, 0.5) is 0 Å². The number of amides is 1. The minimum atomic E-state index is -0.158. The third-order valence-electron chi connectivity index (χ3n) is 4.37. The molecule has 2 atom stereocenters. The zero-order chi connectivity index (χ0) is 13.4. The van der Waals surface area contributed by atoms with Gasteiger partial charge in [0.1, 0.15) is 6.04 Å². The van der Waals surface area contributed by atoms with Crippen LogP contribution in [0, 0.1) is 5.92 Å². The van der Waals surface area contributed by atoms with Gasteiger partial charge in [-0.1, -0.05) is 44.2 Å². The number of hydrogen-bond acceptors (Lipinski definition) is 2. The zero-order valence-electron chi connectivity index (χ0n) is 11.7. The zero-order valence-corrected chi connectivity index (χ0v) is 11.7. The van der Waals surface area contributed by atoms with Crippen LogP contribution in [0.3, 0.4) is 0 Å². The van der Waals surface area contributed by atoms with E-state index < -0.39 is 0 Å². The Morgan fingerprint density at radius 3 is 2.42 bits per heavy atom. The number of carbonyl (C=O) groups excluding carboxylic acids is 1. The minimum Gasteiger partial charge on any atom is -0.322 e. The third kappa shape index (κ3) is 2.16. The van der Waals surface area contributed by atoms with E-state index in [-0.39, 0.29) is 18.1 Å². The molecule has 0 bridgehead atoms. The molecule has 1 aliphatic heterocycles. The van der Waals surface area contributed by atoms with Crippen molar-refractivity contribution in [3.63, 3.8) is 0 Å². The summed E-state index contributed by atoms with van der Waals surface area (Å²) in [5, 5.41) is 3.53. The Hall–Kier alpha value is -1.35. The van der Waals surface area contributed by atoms with Crippen molar-refractivity contribution in [2.24, 2.45) is 5.92 Å². The molecule has 1 aliphatic carbocycles. The average Bonchev–Trinajstić information content (AvgIpc) is 2.67. The summed E-state index contributed by atoms with van der Waals surface area (Å²) in [4.78, 5) is 14.8. The SMILES string of the molecule is CC(C)C1NC(c2ccccc2)C(=O)N1C1CCC1. The fraction of sp³-hybridized carbons (Fsp3) is 0.562. The summed E-state index contributed by atoms with van der Waals surface area (Å²) in [5.41, 5.74) is 1.08. The van der Waals surface area contributed by atoms with Crippen molar-refractivity contribution >= 4 is 5.91 Å². The lowest BCUT2D eigenvalue weighted by atomic mass is 9.90. The molecule has 2 fully saturated rings. The topological polar surface area (TPSA) is 32.3 Å². The molecule has 1 aromatic carbocycles. The van der Waals surface area contributed by atoms with Crippen LogP contribution in [0.1, 0.15) is 44.7 Å². The molecule has 3 rings (SSSR count). The molecule has 1 saturated heterocycles. The van der Waals surface area contributed by atoms with Crippen LogP contribution in [0.15, 0.2) is 30.3 Å². The molecule has 102 valence electrons. The Kier molecular flexibility index (Phi) is 3.31. The molecule has 2 aliphatic rings. The van der Waals surface area contributed by atoms with Crippen molar-refractivity contribution in [1.82, 2.24) is 10.2 Å². The van der Waals surface area contributed by atoms with Crippen molar-refractivity contribution in [1.29, 1.82) is 0 Å². The largest absolute Gasteiger partial charge is 0.322 e. The molecule has 3 heteroatoms. The summed E-state index contributed by atoms with van der Waals surface area (Å²) in [6, 6.07) is 10.4. The molecule has 0 aromatic heterocycles. The molecule has 1 aromatic rings. The molecule has 1 N–H and O–H groups in total. The van der Waals surface area contributed by atoms with E-state index in [1.165, 1.54) is 6.42 Å². The smallest absolute Gasteiger partial charge is 0.245 e. The third-order valence-corrected chi connectivity index (χ3v) is 4.37. The second-order valence-corrected chi connectivity index (χ2v) is 6.03. The predicted molar refractivity (Wildman–Crippen MR) is 75.4 cm³/mol. The number of benzene rings is 1. The van der Waals surface area contributed by atoms with Crippen molar-refractivity contribution in [3.05, 3.63) is 35.9 Å². The molecular weight excluding hydrogens is 236 g/mol. The van der Waals surface area contributed by atoms with Crippen LogP contribution < -0.4 is 5.32 Å². The van der Waals surface area contributed by atoms with Gasteiger partial charge in [-0.2, -0.15) is 0 Å². The van der Waals surface area contributed by atoms with E-state index in [4.69, 9.17) is 0 Å². The normalized spacial score (nSPS) is 27.9. The van der Waals surface area contributed by atoms with Crippen molar-refractivity contribution in [2.45, 2.75) is 51.4 Å².